The molecule has 120 valence electrons. The Morgan fingerprint density at radius 3 is 2.58 bits per heavy atom. The van der Waals surface area contributed by atoms with Gasteiger partial charge in [0.1, 0.15) is 5.82 Å². The third kappa shape index (κ3) is 2.74. The van der Waals surface area contributed by atoms with Crippen LogP contribution in [0, 0.1) is 0 Å². The van der Waals surface area contributed by atoms with Crippen molar-refractivity contribution in [3.63, 3.8) is 0 Å². The molecule has 0 unspecified atom stereocenters. The zero-order chi connectivity index (χ0) is 16.4. The minimum absolute atomic E-state index is 0.760. The Balaban J connectivity index is 1.59. The third-order valence-corrected chi connectivity index (χ3v) is 3.97. The van der Waals surface area contributed by atoms with Crippen molar-refractivity contribution in [2.45, 2.75) is 20.0 Å². The molecule has 6 heteroatoms. The molecule has 0 aliphatic rings. The Kier molecular flexibility index (Phi) is 3.70. The zero-order valence-corrected chi connectivity index (χ0v) is 13.4. The van der Waals surface area contributed by atoms with Gasteiger partial charge in [-0.1, -0.05) is 0 Å². The second-order valence-electron chi connectivity index (χ2n) is 5.58. The van der Waals surface area contributed by atoms with Crippen LogP contribution in [0.3, 0.4) is 0 Å². The maximum atomic E-state index is 4.52. The monoisotopic (exact) mass is 318 g/mol. The van der Waals surface area contributed by atoms with Crippen molar-refractivity contribution in [3.8, 4) is 17.1 Å². The lowest BCUT2D eigenvalue weighted by atomic mass is 10.2. The van der Waals surface area contributed by atoms with Gasteiger partial charge in [0, 0.05) is 48.7 Å². The molecule has 0 aliphatic heterocycles. The summed E-state index contributed by atoms with van der Waals surface area (Å²) in [5.74, 6) is 0.950. The van der Waals surface area contributed by atoms with Gasteiger partial charge in [0.05, 0.1) is 18.4 Å². The van der Waals surface area contributed by atoms with E-state index in [1.165, 1.54) is 5.56 Å². The molecule has 6 nitrogen and oxygen atoms in total. The summed E-state index contributed by atoms with van der Waals surface area (Å²) in [7, 11) is 0. The number of nitrogens with zero attached hydrogens (tertiary/aromatic N) is 6. The van der Waals surface area contributed by atoms with Crippen molar-refractivity contribution < 1.29 is 0 Å². The smallest absolute Gasteiger partial charge is 0.140 e. The molecule has 1 aromatic carbocycles. The fourth-order valence-corrected chi connectivity index (χ4v) is 2.74. The lowest BCUT2D eigenvalue weighted by Gasteiger charge is -2.08. The summed E-state index contributed by atoms with van der Waals surface area (Å²) in [5, 5.41) is 8.58. The highest BCUT2D eigenvalue weighted by molar-refractivity contribution is 5.57. The first-order chi connectivity index (χ1) is 11.8. The first kappa shape index (κ1) is 14.4. The summed E-state index contributed by atoms with van der Waals surface area (Å²) in [4.78, 5) is 4.52. The Morgan fingerprint density at radius 1 is 1.00 bits per heavy atom. The number of imidazole rings is 1. The van der Waals surface area contributed by atoms with E-state index in [2.05, 4.69) is 57.1 Å². The van der Waals surface area contributed by atoms with Crippen LogP contribution in [0.1, 0.15) is 12.5 Å². The molecular formula is C18H18N6. The van der Waals surface area contributed by atoms with Crippen LogP contribution in [0.25, 0.3) is 17.1 Å². The van der Waals surface area contributed by atoms with Gasteiger partial charge in [0.2, 0.25) is 0 Å². The number of aromatic nitrogens is 6. The number of rotatable bonds is 5. The fourth-order valence-electron chi connectivity index (χ4n) is 2.74. The summed E-state index contributed by atoms with van der Waals surface area (Å²) in [5.41, 5.74) is 3.29. The molecule has 24 heavy (non-hydrogen) atoms. The molecule has 0 aliphatic carbocycles. The minimum atomic E-state index is 0.760. The predicted molar refractivity (Wildman–Crippen MR) is 91.8 cm³/mol. The van der Waals surface area contributed by atoms with Gasteiger partial charge in [0.25, 0.3) is 0 Å². The maximum Gasteiger partial charge on any atom is 0.140 e. The summed E-state index contributed by atoms with van der Waals surface area (Å²) in [6.45, 7) is 3.72. The van der Waals surface area contributed by atoms with E-state index in [4.69, 9.17) is 0 Å². The van der Waals surface area contributed by atoms with Crippen molar-refractivity contribution in [2.75, 3.05) is 0 Å². The van der Waals surface area contributed by atoms with Crippen LogP contribution in [0.15, 0.2) is 67.5 Å². The van der Waals surface area contributed by atoms with Gasteiger partial charge < -0.3 is 4.57 Å². The molecule has 0 fully saturated rings. The molecular weight excluding hydrogens is 300 g/mol. The summed E-state index contributed by atoms with van der Waals surface area (Å²) in [6.07, 6.45) is 11.5. The van der Waals surface area contributed by atoms with Gasteiger partial charge in [-0.3, -0.25) is 4.68 Å². The average molecular weight is 318 g/mol. The first-order valence-corrected chi connectivity index (χ1v) is 7.96. The highest BCUT2D eigenvalue weighted by atomic mass is 15.3. The molecule has 3 aromatic heterocycles. The predicted octanol–water partition coefficient (Wildman–Crippen LogP) is 3.00. The molecule has 3 heterocycles. The molecule has 0 atom stereocenters. The summed E-state index contributed by atoms with van der Waals surface area (Å²) < 4.78 is 5.92. The maximum absolute atomic E-state index is 4.52. The topological polar surface area (TPSA) is 53.5 Å². The van der Waals surface area contributed by atoms with Gasteiger partial charge >= 0.3 is 0 Å². The van der Waals surface area contributed by atoms with E-state index in [-0.39, 0.29) is 0 Å². The van der Waals surface area contributed by atoms with Gasteiger partial charge in [0.15, 0.2) is 0 Å². The molecule has 0 saturated heterocycles. The highest BCUT2D eigenvalue weighted by Gasteiger charge is 2.08. The van der Waals surface area contributed by atoms with Crippen LogP contribution < -0.4 is 0 Å². The van der Waals surface area contributed by atoms with Gasteiger partial charge in [-0.05, 0) is 37.3 Å². The molecule has 0 amide bonds. The van der Waals surface area contributed by atoms with E-state index in [9.17, 15) is 0 Å². The molecule has 0 spiro atoms. The quantitative estimate of drug-likeness (QED) is 0.568. The Hall–Kier alpha value is -3.15. The Morgan fingerprint density at radius 2 is 1.88 bits per heavy atom. The van der Waals surface area contributed by atoms with Crippen LogP contribution in [0.2, 0.25) is 0 Å². The minimum Gasteiger partial charge on any atom is -0.326 e. The van der Waals surface area contributed by atoms with Crippen molar-refractivity contribution in [3.05, 3.63) is 73.1 Å². The fraction of sp³-hybridized carbons (Fsp3) is 0.167. The van der Waals surface area contributed by atoms with E-state index in [0.29, 0.717) is 0 Å². The van der Waals surface area contributed by atoms with Crippen LogP contribution in [0.4, 0.5) is 0 Å². The normalized spacial score (nSPS) is 11.0. The molecule has 0 radical (unpaired) electrons. The van der Waals surface area contributed by atoms with Crippen molar-refractivity contribution in [2.24, 2.45) is 0 Å². The molecule has 4 rings (SSSR count). The highest BCUT2D eigenvalue weighted by Crippen LogP contribution is 2.20. The molecule has 4 aromatic rings. The van der Waals surface area contributed by atoms with Crippen LogP contribution in [-0.4, -0.2) is 29.1 Å². The Labute approximate surface area is 140 Å². The number of hydrogen-bond donors (Lipinski definition) is 0. The molecule has 0 bridgehead atoms. The van der Waals surface area contributed by atoms with Crippen molar-refractivity contribution in [1.29, 1.82) is 0 Å². The number of aryl methyl sites for hydroxylation is 1. The van der Waals surface area contributed by atoms with E-state index in [1.54, 1.807) is 6.20 Å². The second kappa shape index (κ2) is 6.16. The Bertz CT molecular complexity index is 915. The van der Waals surface area contributed by atoms with Crippen molar-refractivity contribution >= 4 is 0 Å². The van der Waals surface area contributed by atoms with Gasteiger partial charge in [-0.25, -0.2) is 9.67 Å². The van der Waals surface area contributed by atoms with E-state index in [1.807, 2.05) is 40.2 Å². The molecule has 0 N–H and O–H groups in total. The first-order valence-electron chi connectivity index (χ1n) is 7.96. The lowest BCUT2D eigenvalue weighted by Crippen LogP contribution is -2.01. The van der Waals surface area contributed by atoms with Gasteiger partial charge in [-0.15, -0.1) is 0 Å². The van der Waals surface area contributed by atoms with E-state index < -0.39 is 0 Å². The largest absolute Gasteiger partial charge is 0.326 e. The van der Waals surface area contributed by atoms with Crippen molar-refractivity contribution in [1.82, 2.24) is 29.1 Å². The number of hydrogen-bond acceptors (Lipinski definition) is 3. The second-order valence-corrected chi connectivity index (χ2v) is 5.58. The SMILES string of the molecule is CCn1cc(Cn2ccnc2-c2ccc(-n3cccn3)cc2)cn1. The standard InChI is InChI=1S/C18H18N6/c1-2-23-14-15(12-21-23)13-22-11-9-19-18(22)16-4-6-17(7-5-16)24-10-3-8-20-24/h3-12,14H,2,13H2,1H3. The molecule has 0 saturated carbocycles. The average Bonchev–Trinajstić information content (AvgIpc) is 3.37. The van der Waals surface area contributed by atoms with Gasteiger partial charge in [-0.2, -0.15) is 10.2 Å². The zero-order valence-electron chi connectivity index (χ0n) is 13.4. The van der Waals surface area contributed by atoms with Crippen LogP contribution in [-0.2, 0) is 13.1 Å². The number of benzene rings is 1. The van der Waals surface area contributed by atoms with Crippen LogP contribution in [0.5, 0.6) is 0 Å². The lowest BCUT2D eigenvalue weighted by molar-refractivity contribution is 0.658. The summed E-state index contributed by atoms with van der Waals surface area (Å²) in [6, 6.07) is 10.2. The third-order valence-electron chi connectivity index (χ3n) is 3.97. The van der Waals surface area contributed by atoms with Crippen LogP contribution >= 0.6 is 0 Å². The summed E-state index contributed by atoms with van der Waals surface area (Å²) >= 11 is 0. The van der Waals surface area contributed by atoms with E-state index in [0.717, 1.165) is 30.2 Å². The van der Waals surface area contributed by atoms with E-state index >= 15 is 0 Å².